The number of nitrogens with two attached hydrogens (primary N) is 1. The minimum atomic E-state index is -0.467. The Morgan fingerprint density at radius 1 is 1.26 bits per heavy atom. The predicted octanol–water partition coefficient (Wildman–Crippen LogP) is 3.86. The first-order valence-corrected chi connectivity index (χ1v) is 12.3. The van der Waals surface area contributed by atoms with Crippen molar-refractivity contribution in [3.05, 3.63) is 65.5 Å². The summed E-state index contributed by atoms with van der Waals surface area (Å²) in [6, 6.07) is 7.73. The summed E-state index contributed by atoms with van der Waals surface area (Å²) in [5.74, 6) is 1.77. The number of likely N-dealkylation sites (tertiary alicyclic amines) is 1. The molecule has 7 rings (SSSR count). The molecule has 1 aromatic carbocycles. The van der Waals surface area contributed by atoms with Crippen molar-refractivity contribution >= 4 is 6.09 Å². The average molecular weight is 462 g/mol. The second-order valence-corrected chi connectivity index (χ2v) is 9.93. The van der Waals surface area contributed by atoms with Gasteiger partial charge in [-0.05, 0) is 80.3 Å². The summed E-state index contributed by atoms with van der Waals surface area (Å²) < 4.78 is 12.6. The van der Waals surface area contributed by atoms with Gasteiger partial charge in [-0.1, -0.05) is 18.2 Å². The second-order valence-electron chi connectivity index (χ2n) is 9.93. The molecule has 1 saturated carbocycles. The zero-order chi connectivity index (χ0) is 23.4. The quantitative estimate of drug-likeness (QED) is 0.659. The molecule has 3 heterocycles. The molecule has 7 nitrogen and oxygen atoms in total. The number of aromatic hydroxyl groups is 1. The highest BCUT2D eigenvalue weighted by molar-refractivity contribution is 5.70. The summed E-state index contributed by atoms with van der Waals surface area (Å²) in [6.07, 6.45) is 11.9. The number of hydrogen-bond donors (Lipinski definition) is 2. The fourth-order valence-corrected chi connectivity index (χ4v) is 7.32. The number of nitrogens with zero attached hydrogens (tertiary/aromatic N) is 2. The van der Waals surface area contributed by atoms with E-state index in [-0.39, 0.29) is 29.4 Å². The topological polar surface area (TPSA) is 97.9 Å². The fraction of sp³-hybridized carbons (Fsp3) is 0.481. The summed E-state index contributed by atoms with van der Waals surface area (Å²) >= 11 is 0. The zero-order valence-electron chi connectivity index (χ0n) is 19.4. The Morgan fingerprint density at radius 2 is 2.15 bits per heavy atom. The molecule has 7 heteroatoms. The van der Waals surface area contributed by atoms with Gasteiger partial charge in [-0.15, -0.1) is 0 Å². The molecule has 2 aliphatic heterocycles. The lowest BCUT2D eigenvalue weighted by molar-refractivity contribution is -0.0157. The van der Waals surface area contributed by atoms with Gasteiger partial charge >= 0.3 is 6.09 Å². The number of phenols is 1. The highest BCUT2D eigenvalue weighted by atomic mass is 16.6. The van der Waals surface area contributed by atoms with Gasteiger partial charge in [0.25, 0.3) is 0 Å². The van der Waals surface area contributed by atoms with Crippen molar-refractivity contribution < 1.29 is 19.4 Å². The third kappa shape index (κ3) is 2.86. The van der Waals surface area contributed by atoms with Gasteiger partial charge in [-0.3, -0.25) is 4.98 Å². The first kappa shape index (κ1) is 21.5. The van der Waals surface area contributed by atoms with Crippen LogP contribution in [0.15, 0.2) is 48.8 Å². The molecule has 1 amide bonds. The molecule has 2 bridgehead atoms. The minimum Gasteiger partial charge on any atom is -0.504 e. The van der Waals surface area contributed by atoms with E-state index in [1.54, 1.807) is 12.3 Å². The standard InChI is InChI=1S/C26H26N2O4.CH5N/c29-20-7-5-16-13-15-9-10-26-18(15)6-8-21(24(26)32-23(20)22(16)26)31-25(30)28-12-2-4-19(28)17-3-1-11-27-14-17;1-2/h1,3,5-8,11,14-15,18-19,21,24,29H,2,4,9-10,12-13H2;2H2,1H3/t15-,18+,19+,21+,24+,26?;/m1./s1. The van der Waals surface area contributed by atoms with Crippen LogP contribution in [0.25, 0.3) is 0 Å². The monoisotopic (exact) mass is 461 g/mol. The predicted molar refractivity (Wildman–Crippen MR) is 127 cm³/mol. The molecule has 178 valence electrons. The number of pyridine rings is 1. The maximum Gasteiger partial charge on any atom is 0.411 e. The van der Waals surface area contributed by atoms with E-state index in [0.717, 1.165) is 37.7 Å². The SMILES string of the molecule is CN.O=C(O[C@H]1C=C[C@H]2[C@@H]3CCC24c2c(ccc(O)c2O[C@@H]14)C3)N1CCC[C@H]1c1cccnc1. The van der Waals surface area contributed by atoms with E-state index >= 15 is 0 Å². The summed E-state index contributed by atoms with van der Waals surface area (Å²) in [5.41, 5.74) is 7.81. The Kier molecular flexibility index (Phi) is 5.06. The lowest BCUT2D eigenvalue weighted by Crippen LogP contribution is -2.54. The van der Waals surface area contributed by atoms with E-state index in [2.05, 4.69) is 22.9 Å². The number of phenolic OH excluding ortho intramolecular Hbond substituents is 1. The van der Waals surface area contributed by atoms with E-state index in [1.165, 1.54) is 18.2 Å². The van der Waals surface area contributed by atoms with E-state index < -0.39 is 6.10 Å². The fourth-order valence-electron chi connectivity index (χ4n) is 7.32. The van der Waals surface area contributed by atoms with Crippen LogP contribution >= 0.6 is 0 Å². The molecule has 2 aromatic rings. The number of amides is 1. The van der Waals surface area contributed by atoms with E-state index in [9.17, 15) is 9.90 Å². The van der Waals surface area contributed by atoms with Gasteiger partial charge in [0.1, 0.15) is 6.10 Å². The molecule has 1 aromatic heterocycles. The van der Waals surface area contributed by atoms with Crippen LogP contribution in [0.3, 0.4) is 0 Å². The third-order valence-corrected chi connectivity index (χ3v) is 8.55. The smallest absolute Gasteiger partial charge is 0.411 e. The number of allylic oxidation sites excluding steroid dienone is 1. The lowest BCUT2D eigenvalue weighted by Gasteiger charge is -2.45. The Bertz CT molecular complexity index is 1140. The lowest BCUT2D eigenvalue weighted by atomic mass is 9.59. The molecule has 34 heavy (non-hydrogen) atoms. The van der Waals surface area contributed by atoms with E-state index in [1.807, 2.05) is 29.3 Å². The first-order chi connectivity index (χ1) is 16.7. The van der Waals surface area contributed by atoms with Crippen molar-refractivity contribution in [1.29, 1.82) is 0 Å². The average Bonchev–Trinajstić information content (AvgIpc) is 3.57. The van der Waals surface area contributed by atoms with Crippen LogP contribution in [-0.4, -0.2) is 46.9 Å². The number of rotatable bonds is 2. The van der Waals surface area contributed by atoms with Gasteiger partial charge in [0, 0.05) is 29.9 Å². The van der Waals surface area contributed by atoms with Crippen molar-refractivity contribution in [1.82, 2.24) is 9.88 Å². The Labute approximate surface area is 199 Å². The van der Waals surface area contributed by atoms with Gasteiger partial charge in [-0.25, -0.2) is 4.79 Å². The Hall–Kier alpha value is -3.06. The summed E-state index contributed by atoms with van der Waals surface area (Å²) in [5, 5.41) is 10.6. The summed E-state index contributed by atoms with van der Waals surface area (Å²) in [7, 11) is 1.50. The number of aromatic nitrogens is 1. The van der Waals surface area contributed by atoms with Crippen LogP contribution in [0.5, 0.6) is 11.5 Å². The van der Waals surface area contributed by atoms with Crippen LogP contribution in [0.4, 0.5) is 4.79 Å². The van der Waals surface area contributed by atoms with Crippen molar-refractivity contribution in [3.8, 4) is 11.5 Å². The molecule has 6 atom stereocenters. The van der Waals surface area contributed by atoms with Crippen molar-refractivity contribution in [3.63, 3.8) is 0 Å². The maximum absolute atomic E-state index is 13.3. The molecular formula is C27H31N3O4. The molecule has 2 fully saturated rings. The number of hydrogen-bond acceptors (Lipinski definition) is 6. The zero-order valence-corrected chi connectivity index (χ0v) is 19.4. The normalized spacial score (nSPS) is 33.6. The molecule has 1 unspecified atom stereocenters. The number of carbonyl (C=O) groups is 1. The van der Waals surface area contributed by atoms with E-state index in [0.29, 0.717) is 24.1 Å². The van der Waals surface area contributed by atoms with Crippen molar-refractivity contribution in [2.24, 2.45) is 17.6 Å². The van der Waals surface area contributed by atoms with Gasteiger partial charge < -0.3 is 25.2 Å². The molecule has 0 radical (unpaired) electrons. The maximum atomic E-state index is 13.3. The Balaban J connectivity index is 0.00000106. The van der Waals surface area contributed by atoms with Crippen LogP contribution in [0.2, 0.25) is 0 Å². The van der Waals surface area contributed by atoms with E-state index in [4.69, 9.17) is 9.47 Å². The molecule has 1 saturated heterocycles. The number of carbonyl (C=O) groups excluding carboxylic acids is 1. The van der Waals surface area contributed by atoms with Gasteiger partial charge in [0.05, 0.1) is 6.04 Å². The largest absolute Gasteiger partial charge is 0.504 e. The summed E-state index contributed by atoms with van der Waals surface area (Å²) in [6.45, 7) is 0.682. The Morgan fingerprint density at radius 3 is 2.97 bits per heavy atom. The second kappa shape index (κ2) is 8.01. The minimum absolute atomic E-state index is 0.00226. The van der Waals surface area contributed by atoms with Crippen LogP contribution < -0.4 is 10.5 Å². The van der Waals surface area contributed by atoms with Crippen LogP contribution in [0, 0.1) is 11.8 Å². The molecule has 3 N–H and O–H groups in total. The van der Waals surface area contributed by atoms with Gasteiger partial charge in [-0.2, -0.15) is 0 Å². The number of benzene rings is 1. The number of ether oxygens (including phenoxy) is 2. The first-order valence-electron chi connectivity index (χ1n) is 12.3. The van der Waals surface area contributed by atoms with Crippen molar-refractivity contribution in [2.45, 2.75) is 55.8 Å². The molecule has 1 spiro atoms. The molecule has 5 aliphatic rings. The highest BCUT2D eigenvalue weighted by Gasteiger charge is 2.65. The van der Waals surface area contributed by atoms with Gasteiger partial charge in [0.2, 0.25) is 0 Å². The van der Waals surface area contributed by atoms with Gasteiger partial charge in [0.15, 0.2) is 17.6 Å². The van der Waals surface area contributed by atoms with Crippen molar-refractivity contribution in [2.75, 3.05) is 13.6 Å². The van der Waals surface area contributed by atoms with Crippen LogP contribution in [0.1, 0.15) is 48.4 Å². The highest BCUT2D eigenvalue weighted by Crippen LogP contribution is 2.66. The third-order valence-electron chi connectivity index (χ3n) is 8.55. The summed E-state index contributed by atoms with van der Waals surface area (Å²) in [4.78, 5) is 19.4. The molecular weight excluding hydrogens is 430 g/mol. The van der Waals surface area contributed by atoms with Crippen LogP contribution in [-0.2, 0) is 16.6 Å². The molecule has 3 aliphatic carbocycles.